The van der Waals surface area contributed by atoms with Gasteiger partial charge in [-0.1, -0.05) is 38.1 Å². The molecule has 0 saturated carbocycles. The number of fused-ring (bicyclic) bond motifs is 1. The summed E-state index contributed by atoms with van der Waals surface area (Å²) in [6.45, 7) is 4.00. The van der Waals surface area contributed by atoms with Gasteiger partial charge in [0.2, 0.25) is 0 Å². The van der Waals surface area contributed by atoms with Crippen LogP contribution in [0.1, 0.15) is 63.0 Å². The van der Waals surface area contributed by atoms with Crippen LogP contribution in [-0.2, 0) is 11.2 Å². The molecule has 0 fully saturated rings. The molecule has 1 aliphatic rings. The molecule has 1 nitrogen and oxygen atoms in total. The van der Waals surface area contributed by atoms with E-state index in [1.807, 2.05) is 13.8 Å². The van der Waals surface area contributed by atoms with Crippen molar-refractivity contribution >= 4 is 5.78 Å². The molecule has 1 heteroatoms. The highest BCUT2D eigenvalue weighted by molar-refractivity contribution is 5.80. The van der Waals surface area contributed by atoms with Gasteiger partial charge in [0.15, 0.2) is 0 Å². The molecule has 1 unspecified atom stereocenters. The van der Waals surface area contributed by atoms with Crippen molar-refractivity contribution < 1.29 is 4.79 Å². The second-order valence-corrected chi connectivity index (χ2v) is 5.80. The number of hydrogen-bond donors (Lipinski definition) is 0. The molecule has 0 heterocycles. The third-order valence-electron chi connectivity index (χ3n) is 4.11. The zero-order chi connectivity index (χ0) is 13.0. The van der Waals surface area contributed by atoms with Gasteiger partial charge in [0.05, 0.1) is 0 Å². The van der Waals surface area contributed by atoms with Crippen LogP contribution in [0.5, 0.6) is 0 Å². The van der Waals surface area contributed by atoms with Crippen LogP contribution in [0.2, 0.25) is 0 Å². The number of hydrogen-bond acceptors (Lipinski definition) is 1. The van der Waals surface area contributed by atoms with Crippen molar-refractivity contribution in [1.29, 1.82) is 0 Å². The van der Waals surface area contributed by atoms with E-state index in [1.54, 1.807) is 5.56 Å². The summed E-state index contributed by atoms with van der Waals surface area (Å²) >= 11 is 0. The minimum atomic E-state index is 0.198. The van der Waals surface area contributed by atoms with E-state index in [1.165, 1.54) is 31.2 Å². The average molecular weight is 244 g/mol. The van der Waals surface area contributed by atoms with Crippen molar-refractivity contribution in [2.45, 2.75) is 58.3 Å². The fourth-order valence-electron chi connectivity index (χ4n) is 2.97. The van der Waals surface area contributed by atoms with Gasteiger partial charge in [0, 0.05) is 12.3 Å². The molecule has 0 aliphatic heterocycles. The van der Waals surface area contributed by atoms with E-state index in [0.29, 0.717) is 11.7 Å². The van der Waals surface area contributed by atoms with E-state index < -0.39 is 0 Å². The molecule has 0 saturated heterocycles. The first kappa shape index (κ1) is 13.3. The van der Waals surface area contributed by atoms with Crippen molar-refractivity contribution in [1.82, 2.24) is 0 Å². The summed E-state index contributed by atoms with van der Waals surface area (Å²) in [5.74, 6) is 1.30. The maximum Gasteiger partial charge on any atom is 0.135 e. The van der Waals surface area contributed by atoms with Crippen LogP contribution in [-0.4, -0.2) is 5.78 Å². The Labute approximate surface area is 111 Å². The van der Waals surface area contributed by atoms with Gasteiger partial charge in [-0.05, 0) is 49.1 Å². The Bertz CT molecular complexity index is 406. The molecule has 2 rings (SSSR count). The zero-order valence-electron chi connectivity index (χ0n) is 11.6. The van der Waals surface area contributed by atoms with E-state index in [2.05, 4.69) is 24.3 Å². The van der Waals surface area contributed by atoms with Crippen molar-refractivity contribution in [3.05, 3.63) is 35.4 Å². The summed E-state index contributed by atoms with van der Waals surface area (Å²) in [5.41, 5.74) is 3.07. The van der Waals surface area contributed by atoms with Crippen LogP contribution >= 0.6 is 0 Å². The van der Waals surface area contributed by atoms with Gasteiger partial charge < -0.3 is 0 Å². The minimum Gasteiger partial charge on any atom is -0.299 e. The molecule has 0 amide bonds. The van der Waals surface area contributed by atoms with Crippen LogP contribution < -0.4 is 0 Å². The fourth-order valence-corrected chi connectivity index (χ4v) is 2.97. The van der Waals surface area contributed by atoms with E-state index in [9.17, 15) is 4.79 Å². The van der Waals surface area contributed by atoms with Crippen molar-refractivity contribution in [2.75, 3.05) is 0 Å². The predicted octanol–water partition coefficient (Wildman–Crippen LogP) is 4.50. The second-order valence-electron chi connectivity index (χ2n) is 5.80. The van der Waals surface area contributed by atoms with Gasteiger partial charge >= 0.3 is 0 Å². The number of ketones is 1. The van der Waals surface area contributed by atoms with E-state index >= 15 is 0 Å². The van der Waals surface area contributed by atoms with E-state index in [4.69, 9.17) is 0 Å². The van der Waals surface area contributed by atoms with Gasteiger partial charge in [-0.25, -0.2) is 0 Å². The Morgan fingerprint density at radius 2 is 2.11 bits per heavy atom. The Kier molecular flexibility index (Phi) is 4.57. The van der Waals surface area contributed by atoms with Gasteiger partial charge in [0.1, 0.15) is 5.78 Å². The molecule has 98 valence electrons. The molecule has 18 heavy (non-hydrogen) atoms. The van der Waals surface area contributed by atoms with E-state index in [0.717, 1.165) is 12.8 Å². The number of Topliss-reactive ketones (excluding diaryl/α,β-unsaturated/α-hetero) is 1. The monoisotopic (exact) mass is 244 g/mol. The first-order valence-corrected chi connectivity index (χ1v) is 7.29. The van der Waals surface area contributed by atoms with Crippen molar-refractivity contribution in [2.24, 2.45) is 5.92 Å². The van der Waals surface area contributed by atoms with E-state index in [-0.39, 0.29) is 5.92 Å². The van der Waals surface area contributed by atoms with Gasteiger partial charge in [0.25, 0.3) is 0 Å². The van der Waals surface area contributed by atoms with Crippen LogP contribution in [0.3, 0.4) is 0 Å². The second kappa shape index (κ2) is 6.17. The SMILES string of the molecule is CC(C)C(=O)CCCC1CCCc2ccccc21. The van der Waals surface area contributed by atoms with Crippen molar-refractivity contribution in [3.63, 3.8) is 0 Å². The third kappa shape index (κ3) is 3.22. The normalized spacial score (nSPS) is 18.7. The van der Waals surface area contributed by atoms with Gasteiger partial charge in [-0.15, -0.1) is 0 Å². The average Bonchev–Trinajstić information content (AvgIpc) is 2.38. The van der Waals surface area contributed by atoms with Crippen LogP contribution in [0.4, 0.5) is 0 Å². The molecule has 1 aromatic rings. The lowest BCUT2D eigenvalue weighted by molar-refractivity contribution is -0.122. The van der Waals surface area contributed by atoms with Crippen molar-refractivity contribution in [3.8, 4) is 0 Å². The largest absolute Gasteiger partial charge is 0.299 e. The lowest BCUT2D eigenvalue weighted by Gasteiger charge is -2.25. The highest BCUT2D eigenvalue weighted by atomic mass is 16.1. The summed E-state index contributed by atoms with van der Waals surface area (Å²) in [6, 6.07) is 8.84. The quantitative estimate of drug-likeness (QED) is 0.745. The number of benzene rings is 1. The molecule has 1 aromatic carbocycles. The number of carbonyl (C=O) groups excluding carboxylic acids is 1. The molecule has 0 bridgehead atoms. The van der Waals surface area contributed by atoms with Gasteiger partial charge in [-0.2, -0.15) is 0 Å². The first-order chi connectivity index (χ1) is 8.68. The number of carbonyl (C=O) groups is 1. The summed E-state index contributed by atoms with van der Waals surface area (Å²) in [6.07, 6.45) is 6.83. The molecule has 1 atom stereocenters. The molecule has 0 N–H and O–H groups in total. The predicted molar refractivity (Wildman–Crippen MR) is 75.8 cm³/mol. The minimum absolute atomic E-state index is 0.198. The van der Waals surface area contributed by atoms with Crippen LogP contribution in [0, 0.1) is 5.92 Å². The summed E-state index contributed by atoms with van der Waals surface area (Å²) < 4.78 is 0. The Hall–Kier alpha value is -1.11. The zero-order valence-corrected chi connectivity index (χ0v) is 11.6. The molecule has 0 radical (unpaired) electrons. The summed E-state index contributed by atoms with van der Waals surface area (Å²) in [4.78, 5) is 11.6. The number of aryl methyl sites for hydroxylation is 1. The standard InChI is InChI=1S/C17H24O/c1-13(2)17(18)12-6-10-15-9-5-8-14-7-3-4-11-16(14)15/h3-4,7,11,13,15H,5-6,8-10,12H2,1-2H3. The van der Waals surface area contributed by atoms with Crippen LogP contribution in [0.25, 0.3) is 0 Å². The van der Waals surface area contributed by atoms with Gasteiger partial charge in [-0.3, -0.25) is 4.79 Å². The Morgan fingerprint density at radius 3 is 2.89 bits per heavy atom. The molecule has 0 aromatic heterocycles. The molecule has 0 spiro atoms. The lowest BCUT2D eigenvalue weighted by atomic mass is 9.80. The highest BCUT2D eigenvalue weighted by Gasteiger charge is 2.19. The summed E-state index contributed by atoms with van der Waals surface area (Å²) in [7, 11) is 0. The Morgan fingerprint density at radius 1 is 1.33 bits per heavy atom. The topological polar surface area (TPSA) is 17.1 Å². The third-order valence-corrected chi connectivity index (χ3v) is 4.11. The first-order valence-electron chi connectivity index (χ1n) is 7.29. The lowest BCUT2D eigenvalue weighted by Crippen LogP contribution is -2.11. The number of rotatable bonds is 5. The molecule has 1 aliphatic carbocycles. The summed E-state index contributed by atoms with van der Waals surface area (Å²) in [5, 5.41) is 0. The smallest absolute Gasteiger partial charge is 0.135 e. The Balaban J connectivity index is 1.90. The molecular formula is C17H24O. The fraction of sp³-hybridized carbons (Fsp3) is 0.588. The molecular weight excluding hydrogens is 220 g/mol. The van der Waals surface area contributed by atoms with Crippen LogP contribution in [0.15, 0.2) is 24.3 Å². The maximum atomic E-state index is 11.6. The maximum absolute atomic E-state index is 11.6. The highest BCUT2D eigenvalue weighted by Crippen LogP contribution is 2.34.